The van der Waals surface area contributed by atoms with Gasteiger partial charge in [-0.3, -0.25) is 9.59 Å². The number of aromatic nitrogens is 1. The number of fused-ring (bicyclic) bond motifs is 1. The van der Waals surface area contributed by atoms with Gasteiger partial charge < -0.3 is 15.4 Å². The fourth-order valence-electron chi connectivity index (χ4n) is 2.62. The SMILES string of the molecule is CC(NC(=O)c1cccnc1S(=O)(=O)C(F)(F)F)c1ccc2c(c1)NC(=O)CO2. The predicted molar refractivity (Wildman–Crippen MR) is 93.9 cm³/mol. The zero-order valence-corrected chi connectivity index (χ0v) is 15.6. The maximum Gasteiger partial charge on any atom is 0.503 e. The Morgan fingerprint density at radius 3 is 2.72 bits per heavy atom. The molecule has 0 bridgehead atoms. The van der Waals surface area contributed by atoms with Crippen LogP contribution in [0.2, 0.25) is 0 Å². The monoisotopic (exact) mass is 429 g/mol. The number of hydrogen-bond acceptors (Lipinski definition) is 6. The van der Waals surface area contributed by atoms with E-state index in [2.05, 4.69) is 15.6 Å². The molecule has 0 spiro atoms. The molecule has 0 saturated heterocycles. The van der Waals surface area contributed by atoms with Gasteiger partial charge in [0.25, 0.3) is 21.7 Å². The van der Waals surface area contributed by atoms with Crippen LogP contribution in [0.25, 0.3) is 0 Å². The van der Waals surface area contributed by atoms with Crippen LogP contribution in [0, 0.1) is 0 Å². The second-order valence-electron chi connectivity index (χ2n) is 6.09. The molecule has 1 aromatic heterocycles. The van der Waals surface area contributed by atoms with Crippen molar-refractivity contribution < 1.29 is 35.9 Å². The minimum atomic E-state index is -5.81. The molecular formula is C17H14F3N3O5S. The summed E-state index contributed by atoms with van der Waals surface area (Å²) in [5.74, 6) is -0.979. The summed E-state index contributed by atoms with van der Waals surface area (Å²) in [6, 6.07) is 6.06. The van der Waals surface area contributed by atoms with Gasteiger partial charge in [-0.1, -0.05) is 6.07 Å². The fourth-order valence-corrected chi connectivity index (χ4v) is 3.48. The van der Waals surface area contributed by atoms with Gasteiger partial charge in [-0.25, -0.2) is 13.4 Å². The normalized spacial score (nSPS) is 15.0. The highest BCUT2D eigenvalue weighted by molar-refractivity contribution is 7.92. The second-order valence-corrected chi connectivity index (χ2v) is 7.95. The van der Waals surface area contributed by atoms with E-state index in [9.17, 15) is 31.2 Å². The summed E-state index contributed by atoms with van der Waals surface area (Å²) in [4.78, 5) is 27.2. The van der Waals surface area contributed by atoms with E-state index in [1.54, 1.807) is 19.1 Å². The van der Waals surface area contributed by atoms with Crippen LogP contribution in [0.3, 0.4) is 0 Å². The van der Waals surface area contributed by atoms with Crippen LogP contribution in [0.5, 0.6) is 5.75 Å². The van der Waals surface area contributed by atoms with Crippen molar-refractivity contribution in [3.63, 3.8) is 0 Å². The van der Waals surface area contributed by atoms with Gasteiger partial charge in [0.1, 0.15) is 5.75 Å². The first-order valence-corrected chi connectivity index (χ1v) is 9.63. The lowest BCUT2D eigenvalue weighted by Gasteiger charge is -2.21. The van der Waals surface area contributed by atoms with Gasteiger partial charge in [0.2, 0.25) is 0 Å². The third kappa shape index (κ3) is 4.01. The van der Waals surface area contributed by atoms with E-state index in [1.807, 2.05) is 0 Å². The van der Waals surface area contributed by atoms with Crippen LogP contribution in [-0.2, 0) is 14.6 Å². The Morgan fingerprint density at radius 2 is 2.03 bits per heavy atom. The van der Waals surface area contributed by atoms with Gasteiger partial charge in [-0.2, -0.15) is 13.2 Å². The van der Waals surface area contributed by atoms with Gasteiger partial charge in [-0.05, 0) is 36.8 Å². The standard InChI is InChI=1S/C17H14F3N3O5S/c1-9(10-4-5-13-12(7-10)23-14(24)8-28-13)22-15(25)11-3-2-6-21-16(11)29(26,27)17(18,19)20/h2-7,9H,8H2,1H3,(H,22,25)(H,23,24). The second kappa shape index (κ2) is 7.35. The van der Waals surface area contributed by atoms with Crippen LogP contribution in [0.1, 0.15) is 28.9 Å². The molecule has 2 heterocycles. The van der Waals surface area contributed by atoms with E-state index >= 15 is 0 Å². The maximum absolute atomic E-state index is 12.9. The van der Waals surface area contributed by atoms with Crippen molar-refractivity contribution in [2.45, 2.75) is 23.5 Å². The minimum Gasteiger partial charge on any atom is -0.482 e. The Morgan fingerprint density at radius 1 is 1.31 bits per heavy atom. The molecule has 2 aromatic rings. The Balaban J connectivity index is 1.87. The predicted octanol–water partition coefficient (Wildman–Crippen LogP) is 2.20. The summed E-state index contributed by atoms with van der Waals surface area (Å²) in [6.07, 6.45) is 0.852. The summed E-state index contributed by atoms with van der Waals surface area (Å²) in [6.45, 7) is 1.41. The maximum atomic E-state index is 12.9. The lowest BCUT2D eigenvalue weighted by molar-refractivity contribution is -0.118. The topological polar surface area (TPSA) is 114 Å². The number of anilines is 1. The number of nitrogens with one attached hydrogen (secondary N) is 2. The van der Waals surface area contributed by atoms with Gasteiger partial charge in [0, 0.05) is 6.20 Å². The summed E-state index contributed by atoms with van der Waals surface area (Å²) in [5.41, 5.74) is -5.45. The summed E-state index contributed by atoms with van der Waals surface area (Å²) in [7, 11) is -5.81. The fraction of sp³-hybridized carbons (Fsp3) is 0.235. The smallest absolute Gasteiger partial charge is 0.482 e. The van der Waals surface area contributed by atoms with Crippen LogP contribution in [0.15, 0.2) is 41.6 Å². The van der Waals surface area contributed by atoms with Crippen LogP contribution < -0.4 is 15.4 Å². The number of carbonyl (C=O) groups is 2. The van der Waals surface area contributed by atoms with Crippen molar-refractivity contribution in [1.82, 2.24) is 10.3 Å². The molecular weight excluding hydrogens is 415 g/mol. The zero-order chi connectivity index (χ0) is 21.4. The molecule has 2 N–H and O–H groups in total. The highest BCUT2D eigenvalue weighted by Gasteiger charge is 2.49. The Hall–Kier alpha value is -3.15. The average molecular weight is 429 g/mol. The molecule has 0 aliphatic carbocycles. The number of hydrogen-bond donors (Lipinski definition) is 2. The van der Waals surface area contributed by atoms with E-state index in [-0.39, 0.29) is 12.5 Å². The minimum absolute atomic E-state index is 0.129. The largest absolute Gasteiger partial charge is 0.503 e. The van der Waals surface area contributed by atoms with Gasteiger partial charge in [0.05, 0.1) is 17.3 Å². The molecule has 0 fully saturated rings. The van der Waals surface area contributed by atoms with Gasteiger partial charge in [0.15, 0.2) is 11.6 Å². The lowest BCUT2D eigenvalue weighted by atomic mass is 10.1. The third-order valence-electron chi connectivity index (χ3n) is 4.06. The van der Waals surface area contributed by atoms with Crippen molar-refractivity contribution in [1.29, 1.82) is 0 Å². The number of sulfone groups is 1. The number of rotatable bonds is 4. The number of benzene rings is 1. The molecule has 3 rings (SSSR count). The lowest BCUT2D eigenvalue weighted by Crippen LogP contribution is -2.31. The number of carbonyl (C=O) groups excluding carboxylic acids is 2. The molecule has 1 unspecified atom stereocenters. The Kier molecular flexibility index (Phi) is 5.22. The molecule has 1 aliphatic heterocycles. The van der Waals surface area contributed by atoms with Gasteiger partial charge >= 0.3 is 5.51 Å². The number of amides is 2. The Labute approximate surface area is 163 Å². The summed E-state index contributed by atoms with van der Waals surface area (Å²) in [5, 5.41) is 3.65. The van der Waals surface area contributed by atoms with Crippen LogP contribution in [-0.4, -0.2) is 37.3 Å². The molecule has 12 heteroatoms. The average Bonchev–Trinajstić information content (AvgIpc) is 2.66. The highest BCUT2D eigenvalue weighted by atomic mass is 32.2. The molecule has 1 atom stereocenters. The number of alkyl halides is 3. The van der Waals surface area contributed by atoms with E-state index in [1.165, 1.54) is 6.07 Å². The first-order chi connectivity index (χ1) is 13.5. The van der Waals surface area contributed by atoms with E-state index in [0.29, 0.717) is 17.0 Å². The highest BCUT2D eigenvalue weighted by Crippen LogP contribution is 2.32. The molecule has 2 amide bonds. The van der Waals surface area contributed by atoms with Crippen molar-refractivity contribution in [3.8, 4) is 5.75 Å². The number of pyridine rings is 1. The van der Waals surface area contributed by atoms with Crippen molar-refractivity contribution in [2.75, 3.05) is 11.9 Å². The molecule has 0 radical (unpaired) electrons. The number of halogens is 3. The number of ether oxygens (including phenoxy) is 1. The third-order valence-corrected chi connectivity index (χ3v) is 5.50. The first kappa shape index (κ1) is 20.6. The molecule has 154 valence electrons. The van der Waals surface area contributed by atoms with E-state index in [0.717, 1.165) is 18.3 Å². The zero-order valence-electron chi connectivity index (χ0n) is 14.8. The molecule has 29 heavy (non-hydrogen) atoms. The summed E-state index contributed by atoms with van der Waals surface area (Å²) >= 11 is 0. The molecule has 8 nitrogen and oxygen atoms in total. The van der Waals surface area contributed by atoms with Crippen LogP contribution >= 0.6 is 0 Å². The van der Waals surface area contributed by atoms with Crippen molar-refractivity contribution in [3.05, 3.63) is 47.7 Å². The van der Waals surface area contributed by atoms with Crippen LogP contribution in [0.4, 0.5) is 18.9 Å². The molecule has 0 saturated carbocycles. The van der Waals surface area contributed by atoms with E-state index < -0.39 is 37.9 Å². The van der Waals surface area contributed by atoms with Gasteiger partial charge in [-0.15, -0.1) is 0 Å². The Bertz CT molecular complexity index is 1090. The quantitative estimate of drug-likeness (QED) is 0.770. The van der Waals surface area contributed by atoms with Crippen molar-refractivity contribution >= 4 is 27.3 Å². The summed E-state index contributed by atoms with van der Waals surface area (Å²) < 4.78 is 67.3. The molecule has 1 aliphatic rings. The molecule has 1 aromatic carbocycles. The van der Waals surface area contributed by atoms with Crippen molar-refractivity contribution in [2.24, 2.45) is 0 Å². The number of nitrogens with zero attached hydrogens (tertiary/aromatic N) is 1. The first-order valence-electron chi connectivity index (χ1n) is 8.14. The van der Waals surface area contributed by atoms with E-state index in [4.69, 9.17) is 4.74 Å².